The van der Waals surface area contributed by atoms with Crippen LogP contribution in [0.25, 0.3) is 0 Å². The topological polar surface area (TPSA) is 56.1 Å². The second-order valence-corrected chi connectivity index (χ2v) is 5.86. The largest absolute Gasteiger partial charge is 0.466 e. The van der Waals surface area contributed by atoms with Crippen molar-refractivity contribution in [2.45, 2.75) is 51.5 Å². The summed E-state index contributed by atoms with van der Waals surface area (Å²) in [5.41, 5.74) is 1.18. The highest BCUT2D eigenvalue weighted by Gasteiger charge is 2.34. The summed E-state index contributed by atoms with van der Waals surface area (Å²) in [5.74, 6) is 1.36. The van der Waals surface area contributed by atoms with Crippen molar-refractivity contribution >= 4 is 11.8 Å². The van der Waals surface area contributed by atoms with Crippen molar-refractivity contribution in [2.24, 2.45) is 5.92 Å². The summed E-state index contributed by atoms with van der Waals surface area (Å²) in [7, 11) is 0. The predicted molar refractivity (Wildman–Crippen MR) is 76.8 cm³/mol. The van der Waals surface area contributed by atoms with E-state index in [1.165, 1.54) is 31.4 Å². The number of carbonyl (C=O) groups is 1. The number of rotatable bonds is 3. The van der Waals surface area contributed by atoms with Crippen molar-refractivity contribution in [3.05, 3.63) is 11.8 Å². The molecule has 2 aliphatic rings. The summed E-state index contributed by atoms with van der Waals surface area (Å²) in [6.45, 7) is 4.96. The van der Waals surface area contributed by atoms with Gasteiger partial charge in [-0.2, -0.15) is 5.10 Å². The zero-order chi connectivity index (χ0) is 14.1. The Morgan fingerprint density at radius 1 is 1.50 bits per heavy atom. The van der Waals surface area contributed by atoms with E-state index in [2.05, 4.69) is 18.3 Å². The van der Waals surface area contributed by atoms with Gasteiger partial charge in [-0.1, -0.05) is 12.8 Å². The van der Waals surface area contributed by atoms with Crippen LogP contribution in [0.15, 0.2) is 6.07 Å². The lowest BCUT2D eigenvalue weighted by molar-refractivity contribution is -0.149. The number of carbonyl (C=O) groups excluding carboxylic acids is 1. The normalized spacial score (nSPS) is 26.1. The fourth-order valence-electron chi connectivity index (χ4n) is 3.36. The van der Waals surface area contributed by atoms with Gasteiger partial charge < -0.3 is 10.1 Å². The SMILES string of the molecule is CCOC(=O)C1CNc2cc(C3CCCC3)nn2C1C. The first-order chi connectivity index (χ1) is 9.70. The Morgan fingerprint density at radius 3 is 2.95 bits per heavy atom. The van der Waals surface area contributed by atoms with Gasteiger partial charge in [-0.05, 0) is 26.7 Å². The molecule has 1 fully saturated rings. The summed E-state index contributed by atoms with van der Waals surface area (Å²) in [4.78, 5) is 12.0. The maximum absolute atomic E-state index is 12.0. The quantitative estimate of drug-likeness (QED) is 0.863. The molecular formula is C15H23N3O2. The Morgan fingerprint density at radius 2 is 2.25 bits per heavy atom. The van der Waals surface area contributed by atoms with E-state index < -0.39 is 0 Å². The zero-order valence-electron chi connectivity index (χ0n) is 12.3. The smallest absolute Gasteiger partial charge is 0.312 e. The zero-order valence-corrected chi connectivity index (χ0v) is 12.3. The van der Waals surface area contributed by atoms with E-state index in [-0.39, 0.29) is 17.9 Å². The fraction of sp³-hybridized carbons (Fsp3) is 0.733. The van der Waals surface area contributed by atoms with Crippen LogP contribution in [0.3, 0.4) is 0 Å². The molecule has 0 spiro atoms. The number of hydrogen-bond donors (Lipinski definition) is 1. The number of esters is 1. The molecule has 1 aliphatic heterocycles. The molecule has 1 N–H and O–H groups in total. The van der Waals surface area contributed by atoms with Crippen molar-refractivity contribution < 1.29 is 9.53 Å². The first kappa shape index (κ1) is 13.5. The van der Waals surface area contributed by atoms with Gasteiger partial charge in [-0.25, -0.2) is 4.68 Å². The van der Waals surface area contributed by atoms with Crippen LogP contribution in [0.1, 0.15) is 57.2 Å². The minimum atomic E-state index is -0.154. The number of nitrogens with zero attached hydrogens (tertiary/aromatic N) is 2. The van der Waals surface area contributed by atoms with Gasteiger partial charge >= 0.3 is 5.97 Å². The summed E-state index contributed by atoms with van der Waals surface area (Å²) in [5, 5.41) is 8.08. The Labute approximate surface area is 119 Å². The molecule has 5 nitrogen and oxygen atoms in total. The Hall–Kier alpha value is -1.52. The van der Waals surface area contributed by atoms with Gasteiger partial charge in [0, 0.05) is 18.5 Å². The van der Waals surface area contributed by atoms with Crippen molar-refractivity contribution in [3.63, 3.8) is 0 Å². The van der Waals surface area contributed by atoms with Gasteiger partial charge in [0.2, 0.25) is 0 Å². The highest BCUT2D eigenvalue weighted by molar-refractivity contribution is 5.74. The van der Waals surface area contributed by atoms with Gasteiger partial charge in [0.25, 0.3) is 0 Å². The number of fused-ring (bicyclic) bond motifs is 1. The number of anilines is 1. The van der Waals surface area contributed by atoms with Crippen molar-refractivity contribution in [1.82, 2.24) is 9.78 Å². The third-order valence-electron chi connectivity index (χ3n) is 4.59. The first-order valence-corrected chi connectivity index (χ1v) is 7.70. The molecule has 20 heavy (non-hydrogen) atoms. The second-order valence-electron chi connectivity index (χ2n) is 5.86. The van der Waals surface area contributed by atoms with Crippen LogP contribution in [0.5, 0.6) is 0 Å². The van der Waals surface area contributed by atoms with Crippen molar-refractivity contribution in [3.8, 4) is 0 Å². The van der Waals surface area contributed by atoms with E-state index in [0.717, 1.165) is 5.82 Å². The van der Waals surface area contributed by atoms with E-state index in [1.807, 2.05) is 11.6 Å². The average Bonchev–Trinajstić information content (AvgIpc) is 3.08. The van der Waals surface area contributed by atoms with E-state index >= 15 is 0 Å². The van der Waals surface area contributed by atoms with Crippen LogP contribution in [-0.2, 0) is 9.53 Å². The summed E-state index contributed by atoms with van der Waals surface area (Å²) in [6, 6.07) is 2.22. The molecule has 0 radical (unpaired) electrons. The van der Waals surface area contributed by atoms with E-state index in [0.29, 0.717) is 19.1 Å². The van der Waals surface area contributed by atoms with Gasteiger partial charge in [-0.3, -0.25) is 4.79 Å². The monoisotopic (exact) mass is 277 g/mol. The summed E-state index contributed by atoms with van der Waals surface area (Å²) in [6.07, 6.45) is 5.10. The lowest BCUT2D eigenvalue weighted by Crippen LogP contribution is -2.37. The van der Waals surface area contributed by atoms with Gasteiger partial charge in [0.05, 0.1) is 24.3 Å². The second kappa shape index (κ2) is 5.46. The third kappa shape index (κ3) is 2.30. The standard InChI is InChI=1S/C15H23N3O2/c1-3-20-15(19)12-9-16-14-8-13(11-6-4-5-7-11)17-18(14)10(12)2/h8,10-12,16H,3-7,9H2,1-2H3. The minimum Gasteiger partial charge on any atom is -0.466 e. The molecule has 1 aromatic rings. The molecule has 3 rings (SSSR count). The fourth-order valence-corrected chi connectivity index (χ4v) is 3.36. The van der Waals surface area contributed by atoms with E-state index in [4.69, 9.17) is 9.84 Å². The van der Waals surface area contributed by atoms with Crippen molar-refractivity contribution in [1.29, 1.82) is 0 Å². The number of nitrogens with one attached hydrogen (secondary N) is 1. The van der Waals surface area contributed by atoms with Gasteiger partial charge in [-0.15, -0.1) is 0 Å². The molecule has 1 saturated carbocycles. The molecule has 0 amide bonds. The van der Waals surface area contributed by atoms with Gasteiger partial charge in [0.1, 0.15) is 5.82 Å². The van der Waals surface area contributed by atoms with E-state index in [9.17, 15) is 4.79 Å². The molecule has 0 saturated heterocycles. The molecule has 0 bridgehead atoms. The first-order valence-electron chi connectivity index (χ1n) is 7.70. The number of hydrogen-bond acceptors (Lipinski definition) is 4. The third-order valence-corrected chi connectivity index (χ3v) is 4.59. The molecule has 0 aromatic carbocycles. The van der Waals surface area contributed by atoms with Crippen LogP contribution in [-0.4, -0.2) is 28.9 Å². The minimum absolute atomic E-state index is 0.0560. The Bertz CT molecular complexity index is 491. The molecule has 2 heterocycles. The van der Waals surface area contributed by atoms with Crippen LogP contribution in [0, 0.1) is 5.92 Å². The number of ether oxygens (including phenoxy) is 1. The van der Waals surface area contributed by atoms with E-state index in [1.54, 1.807) is 0 Å². The highest BCUT2D eigenvalue weighted by Crippen LogP contribution is 2.37. The van der Waals surface area contributed by atoms with Crippen LogP contribution in [0.2, 0.25) is 0 Å². The Balaban J connectivity index is 1.80. The molecule has 2 atom stereocenters. The van der Waals surface area contributed by atoms with Crippen LogP contribution >= 0.6 is 0 Å². The number of aromatic nitrogens is 2. The Kier molecular flexibility index (Phi) is 3.68. The highest BCUT2D eigenvalue weighted by atomic mass is 16.5. The maximum Gasteiger partial charge on any atom is 0.312 e. The molecule has 1 aliphatic carbocycles. The maximum atomic E-state index is 12.0. The lowest BCUT2D eigenvalue weighted by atomic mass is 9.99. The van der Waals surface area contributed by atoms with Crippen LogP contribution < -0.4 is 5.32 Å². The predicted octanol–water partition coefficient (Wildman–Crippen LogP) is 2.71. The molecule has 1 aromatic heterocycles. The lowest BCUT2D eigenvalue weighted by Gasteiger charge is -2.29. The summed E-state index contributed by atoms with van der Waals surface area (Å²) < 4.78 is 7.12. The van der Waals surface area contributed by atoms with Gasteiger partial charge in [0.15, 0.2) is 0 Å². The average molecular weight is 277 g/mol. The molecular weight excluding hydrogens is 254 g/mol. The molecule has 2 unspecified atom stereocenters. The summed E-state index contributed by atoms with van der Waals surface area (Å²) >= 11 is 0. The molecule has 5 heteroatoms. The van der Waals surface area contributed by atoms with Crippen molar-refractivity contribution in [2.75, 3.05) is 18.5 Å². The van der Waals surface area contributed by atoms with Crippen LogP contribution in [0.4, 0.5) is 5.82 Å². The molecule has 110 valence electrons.